The van der Waals surface area contributed by atoms with E-state index in [2.05, 4.69) is 11.8 Å². The van der Waals surface area contributed by atoms with Crippen molar-refractivity contribution >= 4 is 10.8 Å². The van der Waals surface area contributed by atoms with Crippen molar-refractivity contribution in [2.75, 3.05) is 13.5 Å². The van der Waals surface area contributed by atoms with Crippen LogP contribution in [0.25, 0.3) is 10.8 Å². The molecule has 2 aromatic rings. The lowest BCUT2D eigenvalue weighted by Gasteiger charge is -2.15. The summed E-state index contributed by atoms with van der Waals surface area (Å²) < 4.78 is 41.9. The molecule has 0 atom stereocenters. The average Bonchev–Trinajstić information content (AvgIpc) is 2.59. The monoisotopic (exact) mass is 296 g/mol. The normalized spacial score (nSPS) is 17.0. The van der Waals surface area contributed by atoms with Gasteiger partial charge in [-0.15, -0.1) is 0 Å². The van der Waals surface area contributed by atoms with Crippen LogP contribution in [0.4, 0.5) is 0 Å². The van der Waals surface area contributed by atoms with Gasteiger partial charge in [-0.2, -0.15) is 0 Å². The first-order valence-electron chi connectivity index (χ1n) is 9.79. The molecule has 1 nitrogen and oxygen atoms in total. The maximum absolute atomic E-state index is 8.59. The summed E-state index contributed by atoms with van der Waals surface area (Å²) in [6.45, 7) is 1.33. The van der Waals surface area contributed by atoms with Gasteiger partial charge in [-0.25, -0.2) is 0 Å². The van der Waals surface area contributed by atoms with Crippen LogP contribution in [0.15, 0.2) is 54.6 Å². The molecule has 0 unspecified atom stereocenters. The molecule has 0 spiro atoms. The van der Waals surface area contributed by atoms with Crippen molar-refractivity contribution in [1.82, 2.24) is 4.90 Å². The molecular formula is C21H25N. The third kappa shape index (κ3) is 5.06. The molecule has 0 aliphatic heterocycles. The van der Waals surface area contributed by atoms with Gasteiger partial charge in [-0.05, 0) is 50.2 Å². The second-order valence-corrected chi connectivity index (χ2v) is 6.12. The molecule has 0 radical (unpaired) electrons. The molecular weight excluding hydrogens is 266 g/mol. The lowest BCUT2D eigenvalue weighted by atomic mass is 9.98. The Labute approximate surface area is 141 Å². The summed E-state index contributed by atoms with van der Waals surface area (Å²) in [5.74, 6) is 5.65. The van der Waals surface area contributed by atoms with Gasteiger partial charge >= 0.3 is 0 Å². The molecule has 2 aromatic carbocycles. The largest absolute Gasteiger partial charge is 0.298 e. The Balaban J connectivity index is 2.45. The van der Waals surface area contributed by atoms with Crippen molar-refractivity contribution in [3.63, 3.8) is 0 Å². The first-order valence-corrected chi connectivity index (χ1v) is 7.29. The van der Waals surface area contributed by atoms with Gasteiger partial charge in [0.2, 0.25) is 0 Å². The molecule has 2 rings (SSSR count). The fourth-order valence-electron chi connectivity index (χ4n) is 1.95. The third-order valence-electron chi connectivity index (χ3n) is 2.90. The van der Waals surface area contributed by atoms with Crippen molar-refractivity contribution in [3.8, 4) is 11.8 Å². The highest BCUT2D eigenvalue weighted by Crippen LogP contribution is 2.19. The van der Waals surface area contributed by atoms with Crippen molar-refractivity contribution < 1.29 is 6.85 Å². The van der Waals surface area contributed by atoms with Gasteiger partial charge in [-0.3, -0.25) is 4.90 Å². The predicted octanol–water partition coefficient (Wildman–Crippen LogP) is 4.88. The maximum Gasteiger partial charge on any atom is 0.0596 e. The smallest absolute Gasteiger partial charge is 0.0596 e. The van der Waals surface area contributed by atoms with Crippen LogP contribution < -0.4 is 0 Å². The minimum Gasteiger partial charge on any atom is -0.298 e. The van der Waals surface area contributed by atoms with Crippen molar-refractivity contribution in [1.29, 1.82) is 0 Å². The molecule has 0 heterocycles. The summed E-state index contributed by atoms with van der Waals surface area (Å²) in [7, 11) is 1.35. The number of benzene rings is 2. The zero-order valence-electron chi connectivity index (χ0n) is 18.6. The summed E-state index contributed by atoms with van der Waals surface area (Å²) in [5, 5.41) is 1.60. The zero-order chi connectivity index (χ0) is 20.5. The fourth-order valence-corrected chi connectivity index (χ4v) is 1.95. The van der Waals surface area contributed by atoms with Gasteiger partial charge in [0.05, 0.1) is 1.37 Å². The molecule has 0 bridgehead atoms. The Kier molecular flexibility index (Phi) is 3.53. The van der Waals surface area contributed by atoms with E-state index in [0.717, 1.165) is 15.7 Å². The number of likely N-dealkylation sites (N-methyl/N-ethyl adjacent to an activating group) is 1. The van der Waals surface area contributed by atoms with Crippen LogP contribution in [0.5, 0.6) is 0 Å². The highest BCUT2D eigenvalue weighted by atomic mass is 15.1. The van der Waals surface area contributed by atoms with Crippen molar-refractivity contribution in [3.05, 3.63) is 60.2 Å². The van der Waals surface area contributed by atoms with Gasteiger partial charge in [0.15, 0.2) is 0 Å². The molecule has 0 fully saturated rings. The number of hydrogen-bond donors (Lipinski definition) is 0. The van der Waals surface area contributed by atoms with E-state index in [0.29, 0.717) is 5.56 Å². The van der Waals surface area contributed by atoms with E-state index >= 15 is 0 Å². The van der Waals surface area contributed by atoms with Crippen molar-refractivity contribution in [2.24, 2.45) is 5.41 Å². The van der Waals surface area contributed by atoms with Crippen LogP contribution in [0.2, 0.25) is 0 Å². The van der Waals surface area contributed by atoms with Gasteiger partial charge < -0.3 is 0 Å². The van der Waals surface area contributed by atoms with Crippen molar-refractivity contribution in [2.45, 2.75) is 27.3 Å². The Morgan fingerprint density at radius 3 is 2.68 bits per heavy atom. The van der Waals surface area contributed by atoms with E-state index in [1.807, 2.05) is 51.1 Å². The average molecular weight is 296 g/mol. The van der Waals surface area contributed by atoms with E-state index in [1.165, 1.54) is 13.1 Å². The summed E-state index contributed by atoms with van der Waals surface area (Å²) in [5.41, 5.74) is 0.105. The van der Waals surface area contributed by atoms with E-state index in [9.17, 15) is 0 Å². The Bertz CT molecular complexity index is 908. The minimum absolute atomic E-state index is 0.257. The van der Waals surface area contributed by atoms with Crippen LogP contribution in [-0.4, -0.2) is 18.4 Å². The standard InChI is InChI=1S/C21H25N/c1-21(2,3)15-8-5-9-16-22(4)17-19-13-10-12-18-11-6-7-14-20(18)19/h5-7,9-14H,16-17H2,1-4H3/i9D,16D2,17D2. The van der Waals surface area contributed by atoms with Gasteiger partial charge in [0, 0.05) is 23.9 Å². The first-order chi connectivity index (χ1) is 12.4. The zero-order valence-corrected chi connectivity index (χ0v) is 13.6. The van der Waals surface area contributed by atoms with Gasteiger partial charge in [0.25, 0.3) is 0 Å². The van der Waals surface area contributed by atoms with Gasteiger partial charge in [0.1, 0.15) is 0 Å². The first kappa shape index (κ1) is 10.6. The molecule has 0 aromatic heterocycles. The molecule has 1 heteroatoms. The Morgan fingerprint density at radius 1 is 1.18 bits per heavy atom. The van der Waals surface area contributed by atoms with Crippen LogP contribution in [0.3, 0.4) is 0 Å². The highest BCUT2D eigenvalue weighted by Gasteiger charge is 2.03. The molecule has 0 aliphatic rings. The molecule has 0 aliphatic carbocycles. The van der Waals surface area contributed by atoms with E-state index in [-0.39, 0.29) is 11.5 Å². The predicted molar refractivity (Wildman–Crippen MR) is 96.7 cm³/mol. The Hall–Kier alpha value is -2.04. The summed E-state index contributed by atoms with van der Waals surface area (Å²) in [4.78, 5) is 0.944. The summed E-state index contributed by atoms with van der Waals surface area (Å²) >= 11 is 0. The molecule has 22 heavy (non-hydrogen) atoms. The SMILES string of the molecule is [2H]C(=CC#CC(C)(C)C)C([2H])([2H])N(C)C([2H])([2H])c1cccc2ccccc12. The summed E-state index contributed by atoms with van der Waals surface area (Å²) in [6.07, 6.45) is 1.21. The fraction of sp³-hybridized carbons (Fsp3) is 0.333. The topological polar surface area (TPSA) is 3.24 Å². The molecule has 0 saturated heterocycles. The third-order valence-corrected chi connectivity index (χ3v) is 2.90. The molecule has 0 amide bonds. The maximum atomic E-state index is 8.59. The second-order valence-electron chi connectivity index (χ2n) is 6.12. The number of fused-ring (bicyclic) bond motifs is 1. The quantitative estimate of drug-likeness (QED) is 0.727. The molecule has 0 saturated carbocycles. The number of allylic oxidation sites excluding steroid dienone is 1. The van der Waals surface area contributed by atoms with E-state index < -0.39 is 13.0 Å². The Morgan fingerprint density at radius 2 is 1.91 bits per heavy atom. The minimum atomic E-state index is -2.33. The highest BCUT2D eigenvalue weighted by molar-refractivity contribution is 5.85. The second kappa shape index (κ2) is 7.29. The summed E-state index contributed by atoms with van der Waals surface area (Å²) in [6, 6.07) is 12.3. The van der Waals surface area contributed by atoms with Gasteiger partial charge in [-0.1, -0.05) is 60.4 Å². The van der Waals surface area contributed by atoms with E-state index in [4.69, 9.17) is 6.85 Å². The number of nitrogens with zero attached hydrogens (tertiary/aromatic N) is 1. The van der Waals surface area contributed by atoms with E-state index in [1.54, 1.807) is 12.1 Å². The van der Waals surface area contributed by atoms with Crippen LogP contribution in [-0.2, 0) is 6.50 Å². The lowest BCUT2D eigenvalue weighted by molar-refractivity contribution is 0.365. The number of rotatable bonds is 4. The number of hydrogen-bond acceptors (Lipinski definition) is 1. The van der Waals surface area contributed by atoms with Crippen LogP contribution in [0, 0.1) is 17.3 Å². The van der Waals surface area contributed by atoms with Crippen LogP contribution in [0.1, 0.15) is 33.2 Å². The van der Waals surface area contributed by atoms with Crippen LogP contribution >= 0.6 is 0 Å². The molecule has 0 N–H and O–H groups in total. The molecule has 114 valence electrons. The lowest BCUT2D eigenvalue weighted by Crippen LogP contribution is -2.17.